The molecule has 3 rings (SSSR count). The van der Waals surface area contributed by atoms with Crippen molar-refractivity contribution in [3.63, 3.8) is 0 Å². The molecular formula is C14H16N4. The third kappa shape index (κ3) is 2.14. The Kier molecular flexibility index (Phi) is 2.63. The first kappa shape index (κ1) is 11.0. The van der Waals surface area contributed by atoms with Gasteiger partial charge in [0.25, 0.3) is 0 Å². The standard InChI is InChI=1S/C14H16N4/c1-9-16-13(15)8-14(17-9)18-12-6-5-10-3-2-4-11(10)7-12/h5-8H,2-4H2,1H3,(H3,15,16,17,18). The molecule has 4 heteroatoms. The van der Waals surface area contributed by atoms with Crippen LogP contribution in [0.3, 0.4) is 0 Å². The number of nitrogen functional groups attached to an aromatic ring is 1. The predicted octanol–water partition coefficient (Wildman–Crippen LogP) is 2.60. The van der Waals surface area contributed by atoms with Crippen molar-refractivity contribution in [1.82, 2.24) is 9.97 Å². The third-order valence-corrected chi connectivity index (χ3v) is 3.23. The van der Waals surface area contributed by atoms with Crippen LogP contribution in [-0.2, 0) is 12.8 Å². The second kappa shape index (κ2) is 4.29. The summed E-state index contributed by atoms with van der Waals surface area (Å²) in [6.45, 7) is 1.84. The van der Waals surface area contributed by atoms with Crippen LogP contribution in [0.5, 0.6) is 0 Å². The molecule has 4 nitrogen and oxygen atoms in total. The van der Waals surface area contributed by atoms with Gasteiger partial charge in [-0.1, -0.05) is 6.07 Å². The van der Waals surface area contributed by atoms with Crippen molar-refractivity contribution in [3.05, 3.63) is 41.2 Å². The first-order valence-corrected chi connectivity index (χ1v) is 6.21. The van der Waals surface area contributed by atoms with Gasteiger partial charge < -0.3 is 11.1 Å². The van der Waals surface area contributed by atoms with Gasteiger partial charge >= 0.3 is 0 Å². The second-order valence-corrected chi connectivity index (χ2v) is 4.69. The molecule has 0 amide bonds. The van der Waals surface area contributed by atoms with Gasteiger partial charge in [0.2, 0.25) is 0 Å². The third-order valence-electron chi connectivity index (χ3n) is 3.23. The highest BCUT2D eigenvalue weighted by molar-refractivity contribution is 5.60. The number of rotatable bonds is 2. The summed E-state index contributed by atoms with van der Waals surface area (Å²) in [6.07, 6.45) is 3.64. The Balaban J connectivity index is 1.88. The number of benzene rings is 1. The van der Waals surface area contributed by atoms with Crippen LogP contribution in [0.15, 0.2) is 24.3 Å². The number of hydrogen-bond acceptors (Lipinski definition) is 4. The fourth-order valence-corrected chi connectivity index (χ4v) is 2.45. The SMILES string of the molecule is Cc1nc(N)cc(Nc2ccc3c(c2)CCC3)n1. The van der Waals surface area contributed by atoms with E-state index in [0.717, 1.165) is 11.5 Å². The maximum absolute atomic E-state index is 5.71. The summed E-state index contributed by atoms with van der Waals surface area (Å²) in [4.78, 5) is 8.38. The van der Waals surface area contributed by atoms with Gasteiger partial charge in [0.1, 0.15) is 17.5 Å². The van der Waals surface area contributed by atoms with E-state index in [-0.39, 0.29) is 0 Å². The van der Waals surface area contributed by atoms with Crippen molar-refractivity contribution >= 4 is 17.3 Å². The zero-order valence-electron chi connectivity index (χ0n) is 10.4. The van der Waals surface area contributed by atoms with E-state index in [2.05, 4.69) is 33.5 Å². The van der Waals surface area contributed by atoms with Crippen LogP contribution in [0.4, 0.5) is 17.3 Å². The molecule has 18 heavy (non-hydrogen) atoms. The van der Waals surface area contributed by atoms with Crippen molar-refractivity contribution in [3.8, 4) is 0 Å². The first-order chi connectivity index (χ1) is 8.70. The number of anilines is 3. The molecule has 1 aromatic heterocycles. The summed E-state index contributed by atoms with van der Waals surface area (Å²) >= 11 is 0. The normalized spacial score (nSPS) is 13.4. The summed E-state index contributed by atoms with van der Waals surface area (Å²) in [6, 6.07) is 8.25. The van der Waals surface area contributed by atoms with E-state index in [1.54, 1.807) is 6.07 Å². The minimum Gasteiger partial charge on any atom is -0.384 e. The average molecular weight is 240 g/mol. The molecule has 0 aliphatic heterocycles. The van der Waals surface area contributed by atoms with Gasteiger partial charge in [-0.3, -0.25) is 0 Å². The molecule has 0 fully saturated rings. The molecule has 1 aliphatic carbocycles. The van der Waals surface area contributed by atoms with E-state index in [1.807, 2.05) is 6.92 Å². The topological polar surface area (TPSA) is 63.8 Å². The molecule has 0 saturated heterocycles. The molecule has 0 saturated carbocycles. The summed E-state index contributed by atoms with van der Waals surface area (Å²) in [5, 5.41) is 3.28. The molecular weight excluding hydrogens is 224 g/mol. The lowest BCUT2D eigenvalue weighted by atomic mass is 10.1. The Hall–Kier alpha value is -2.10. The lowest BCUT2D eigenvalue weighted by Crippen LogP contribution is -2.01. The molecule has 0 radical (unpaired) electrons. The van der Waals surface area contributed by atoms with Gasteiger partial charge in [0.15, 0.2) is 0 Å². The summed E-state index contributed by atoms with van der Waals surface area (Å²) in [7, 11) is 0. The van der Waals surface area contributed by atoms with Crippen molar-refractivity contribution in [1.29, 1.82) is 0 Å². The van der Waals surface area contributed by atoms with Gasteiger partial charge in [0.05, 0.1) is 0 Å². The molecule has 1 heterocycles. The van der Waals surface area contributed by atoms with E-state index in [9.17, 15) is 0 Å². The number of aromatic nitrogens is 2. The predicted molar refractivity (Wildman–Crippen MR) is 72.9 cm³/mol. The quantitative estimate of drug-likeness (QED) is 0.847. The summed E-state index contributed by atoms with van der Waals surface area (Å²) < 4.78 is 0. The maximum Gasteiger partial charge on any atom is 0.136 e. The van der Waals surface area contributed by atoms with E-state index < -0.39 is 0 Å². The van der Waals surface area contributed by atoms with Gasteiger partial charge in [-0.05, 0) is 49.4 Å². The van der Waals surface area contributed by atoms with Gasteiger partial charge in [0, 0.05) is 11.8 Å². The first-order valence-electron chi connectivity index (χ1n) is 6.21. The Morgan fingerprint density at radius 2 is 1.94 bits per heavy atom. The highest BCUT2D eigenvalue weighted by atomic mass is 15.0. The highest BCUT2D eigenvalue weighted by Crippen LogP contribution is 2.26. The van der Waals surface area contributed by atoms with Crippen LogP contribution in [0.2, 0.25) is 0 Å². The zero-order valence-corrected chi connectivity index (χ0v) is 10.4. The van der Waals surface area contributed by atoms with E-state index in [1.165, 1.54) is 30.4 Å². The van der Waals surface area contributed by atoms with Gasteiger partial charge in [-0.15, -0.1) is 0 Å². The Bertz CT molecular complexity index is 572. The number of nitrogens with one attached hydrogen (secondary N) is 1. The molecule has 92 valence electrons. The van der Waals surface area contributed by atoms with Crippen molar-refractivity contribution in [2.45, 2.75) is 26.2 Å². The number of nitrogens with two attached hydrogens (primary N) is 1. The van der Waals surface area contributed by atoms with Crippen molar-refractivity contribution in [2.75, 3.05) is 11.1 Å². The highest BCUT2D eigenvalue weighted by Gasteiger charge is 2.11. The van der Waals surface area contributed by atoms with Crippen LogP contribution in [0, 0.1) is 6.92 Å². The Morgan fingerprint density at radius 1 is 1.11 bits per heavy atom. The zero-order chi connectivity index (χ0) is 12.5. The van der Waals surface area contributed by atoms with E-state index >= 15 is 0 Å². The Morgan fingerprint density at radius 3 is 2.78 bits per heavy atom. The van der Waals surface area contributed by atoms with Gasteiger partial charge in [-0.2, -0.15) is 0 Å². The summed E-state index contributed by atoms with van der Waals surface area (Å²) in [5.41, 5.74) is 9.69. The number of aryl methyl sites for hydroxylation is 3. The van der Waals surface area contributed by atoms with E-state index in [4.69, 9.17) is 5.73 Å². The van der Waals surface area contributed by atoms with Crippen LogP contribution in [0.25, 0.3) is 0 Å². The van der Waals surface area contributed by atoms with Crippen LogP contribution in [-0.4, -0.2) is 9.97 Å². The minimum atomic E-state index is 0.492. The van der Waals surface area contributed by atoms with Crippen LogP contribution in [0.1, 0.15) is 23.4 Å². The molecule has 1 aromatic carbocycles. The largest absolute Gasteiger partial charge is 0.384 e. The molecule has 0 atom stereocenters. The van der Waals surface area contributed by atoms with Gasteiger partial charge in [-0.25, -0.2) is 9.97 Å². The average Bonchev–Trinajstić information content (AvgIpc) is 2.74. The maximum atomic E-state index is 5.71. The van der Waals surface area contributed by atoms with Crippen molar-refractivity contribution < 1.29 is 0 Å². The molecule has 0 spiro atoms. The van der Waals surface area contributed by atoms with Crippen LogP contribution >= 0.6 is 0 Å². The molecule has 0 unspecified atom stereocenters. The monoisotopic (exact) mass is 240 g/mol. The Labute approximate surface area is 106 Å². The van der Waals surface area contributed by atoms with E-state index in [0.29, 0.717) is 11.6 Å². The fourth-order valence-electron chi connectivity index (χ4n) is 2.45. The molecule has 3 N–H and O–H groups in total. The number of hydrogen-bond donors (Lipinski definition) is 2. The number of fused-ring (bicyclic) bond motifs is 1. The lowest BCUT2D eigenvalue weighted by Gasteiger charge is -2.08. The minimum absolute atomic E-state index is 0.492. The number of nitrogens with zero attached hydrogens (tertiary/aromatic N) is 2. The molecule has 0 bridgehead atoms. The molecule has 1 aliphatic rings. The second-order valence-electron chi connectivity index (χ2n) is 4.69. The fraction of sp³-hybridized carbons (Fsp3) is 0.286. The molecule has 2 aromatic rings. The smallest absolute Gasteiger partial charge is 0.136 e. The lowest BCUT2D eigenvalue weighted by molar-refractivity contribution is 0.912. The van der Waals surface area contributed by atoms with Crippen molar-refractivity contribution in [2.24, 2.45) is 0 Å². The van der Waals surface area contributed by atoms with Crippen LogP contribution < -0.4 is 11.1 Å². The summed E-state index contributed by atoms with van der Waals surface area (Å²) in [5.74, 6) is 1.92.